The van der Waals surface area contributed by atoms with Crippen LogP contribution in [-0.4, -0.2) is 6.04 Å². The van der Waals surface area contributed by atoms with Gasteiger partial charge in [0.2, 0.25) is 0 Å². The standard InChI is InChI=1S/C11H13Cl2N/c1-7(14)11(5-6-11)8-3-2-4-9(12)10(8)13/h2-4,7H,5-6,14H2,1H3. The first-order valence-electron chi connectivity index (χ1n) is 4.78. The second kappa shape index (κ2) is 3.41. The number of rotatable bonds is 2. The van der Waals surface area contributed by atoms with Gasteiger partial charge in [-0.15, -0.1) is 0 Å². The summed E-state index contributed by atoms with van der Waals surface area (Å²) in [5, 5.41) is 1.29. The third kappa shape index (κ3) is 1.44. The van der Waals surface area contributed by atoms with Gasteiger partial charge in [-0.05, 0) is 31.4 Å². The van der Waals surface area contributed by atoms with Crippen LogP contribution >= 0.6 is 23.2 Å². The molecular weight excluding hydrogens is 217 g/mol. The fourth-order valence-corrected chi connectivity index (χ4v) is 2.48. The van der Waals surface area contributed by atoms with Crippen molar-refractivity contribution in [2.45, 2.75) is 31.2 Å². The summed E-state index contributed by atoms with van der Waals surface area (Å²) < 4.78 is 0. The van der Waals surface area contributed by atoms with E-state index in [1.165, 1.54) is 0 Å². The van der Waals surface area contributed by atoms with Gasteiger partial charge in [-0.25, -0.2) is 0 Å². The van der Waals surface area contributed by atoms with Gasteiger partial charge in [0.15, 0.2) is 0 Å². The average Bonchev–Trinajstić information content (AvgIpc) is 2.90. The maximum atomic E-state index is 6.17. The van der Waals surface area contributed by atoms with Crippen molar-refractivity contribution in [2.24, 2.45) is 5.73 Å². The van der Waals surface area contributed by atoms with E-state index in [-0.39, 0.29) is 11.5 Å². The van der Waals surface area contributed by atoms with Crippen LogP contribution in [0.1, 0.15) is 25.3 Å². The molecule has 0 spiro atoms. The van der Waals surface area contributed by atoms with Crippen LogP contribution in [-0.2, 0) is 5.41 Å². The molecule has 1 saturated carbocycles. The minimum Gasteiger partial charge on any atom is -0.327 e. The van der Waals surface area contributed by atoms with Crippen molar-refractivity contribution in [3.63, 3.8) is 0 Å². The average molecular weight is 230 g/mol. The zero-order valence-electron chi connectivity index (χ0n) is 8.06. The van der Waals surface area contributed by atoms with Gasteiger partial charge in [0.25, 0.3) is 0 Å². The molecule has 1 aromatic rings. The molecule has 14 heavy (non-hydrogen) atoms. The molecule has 3 heteroatoms. The van der Waals surface area contributed by atoms with Gasteiger partial charge in [-0.2, -0.15) is 0 Å². The predicted molar refractivity (Wildman–Crippen MR) is 61.0 cm³/mol. The van der Waals surface area contributed by atoms with Crippen molar-refractivity contribution in [3.05, 3.63) is 33.8 Å². The highest BCUT2D eigenvalue weighted by Crippen LogP contribution is 2.53. The van der Waals surface area contributed by atoms with Crippen molar-refractivity contribution in [1.29, 1.82) is 0 Å². The van der Waals surface area contributed by atoms with Crippen LogP contribution in [0.3, 0.4) is 0 Å². The number of nitrogens with two attached hydrogens (primary N) is 1. The molecule has 0 bridgehead atoms. The highest BCUT2D eigenvalue weighted by Gasteiger charge is 2.48. The molecule has 1 aliphatic carbocycles. The highest BCUT2D eigenvalue weighted by atomic mass is 35.5. The minimum absolute atomic E-state index is 0.0853. The summed E-state index contributed by atoms with van der Waals surface area (Å²) in [6, 6.07) is 5.92. The van der Waals surface area contributed by atoms with E-state index in [1.54, 1.807) is 0 Å². The van der Waals surface area contributed by atoms with E-state index in [0.29, 0.717) is 10.0 Å². The molecule has 1 nitrogen and oxygen atoms in total. The second-order valence-electron chi connectivity index (χ2n) is 4.05. The normalized spacial score (nSPS) is 20.6. The predicted octanol–water partition coefficient (Wildman–Crippen LogP) is 3.37. The zero-order valence-corrected chi connectivity index (χ0v) is 9.57. The Morgan fingerprint density at radius 1 is 1.36 bits per heavy atom. The topological polar surface area (TPSA) is 26.0 Å². The lowest BCUT2D eigenvalue weighted by Crippen LogP contribution is -2.31. The fraction of sp³-hybridized carbons (Fsp3) is 0.455. The molecule has 0 aliphatic heterocycles. The highest BCUT2D eigenvalue weighted by molar-refractivity contribution is 6.42. The van der Waals surface area contributed by atoms with Crippen molar-refractivity contribution in [2.75, 3.05) is 0 Å². The first kappa shape index (κ1) is 10.3. The van der Waals surface area contributed by atoms with Crippen molar-refractivity contribution in [1.82, 2.24) is 0 Å². The second-order valence-corrected chi connectivity index (χ2v) is 4.83. The van der Waals surface area contributed by atoms with Gasteiger partial charge < -0.3 is 5.73 Å². The van der Waals surface area contributed by atoms with Crippen LogP contribution in [0.5, 0.6) is 0 Å². The first-order valence-corrected chi connectivity index (χ1v) is 5.53. The number of halogens is 2. The van der Waals surface area contributed by atoms with Crippen LogP contribution in [0.4, 0.5) is 0 Å². The maximum Gasteiger partial charge on any atom is 0.0630 e. The Morgan fingerprint density at radius 2 is 2.00 bits per heavy atom. The van der Waals surface area contributed by atoms with Crippen LogP contribution < -0.4 is 5.73 Å². The van der Waals surface area contributed by atoms with Crippen LogP contribution in [0, 0.1) is 0 Å². The molecule has 0 radical (unpaired) electrons. The molecule has 2 rings (SSSR count). The van der Waals surface area contributed by atoms with Gasteiger partial charge in [-0.3, -0.25) is 0 Å². The Morgan fingerprint density at radius 3 is 2.50 bits per heavy atom. The lowest BCUT2D eigenvalue weighted by atomic mass is 9.89. The number of benzene rings is 1. The van der Waals surface area contributed by atoms with Crippen LogP contribution in [0.15, 0.2) is 18.2 Å². The maximum absolute atomic E-state index is 6.17. The Balaban J connectivity index is 2.47. The number of hydrogen-bond donors (Lipinski definition) is 1. The van der Waals surface area contributed by atoms with E-state index in [4.69, 9.17) is 28.9 Å². The molecule has 0 amide bonds. The Kier molecular flexibility index (Phi) is 2.50. The summed E-state index contributed by atoms with van der Waals surface area (Å²) in [6.45, 7) is 2.03. The van der Waals surface area contributed by atoms with Gasteiger partial charge in [0, 0.05) is 11.5 Å². The van der Waals surface area contributed by atoms with Crippen molar-refractivity contribution < 1.29 is 0 Å². The molecule has 1 unspecified atom stereocenters. The third-order valence-corrected chi connectivity index (χ3v) is 3.97. The summed E-state index contributed by atoms with van der Waals surface area (Å²) in [4.78, 5) is 0. The largest absolute Gasteiger partial charge is 0.327 e. The summed E-state index contributed by atoms with van der Waals surface area (Å²) in [5.74, 6) is 0. The van der Waals surface area contributed by atoms with Crippen molar-refractivity contribution >= 4 is 23.2 Å². The molecule has 1 aliphatic rings. The number of hydrogen-bond acceptors (Lipinski definition) is 1. The van der Waals surface area contributed by atoms with E-state index >= 15 is 0 Å². The van der Waals surface area contributed by atoms with Crippen molar-refractivity contribution in [3.8, 4) is 0 Å². The van der Waals surface area contributed by atoms with Gasteiger partial charge in [-0.1, -0.05) is 35.3 Å². The fourth-order valence-electron chi connectivity index (χ4n) is 1.99. The third-order valence-electron chi connectivity index (χ3n) is 3.15. The molecule has 1 fully saturated rings. The van der Waals surface area contributed by atoms with Gasteiger partial charge in [0.05, 0.1) is 10.0 Å². The smallest absolute Gasteiger partial charge is 0.0630 e. The van der Waals surface area contributed by atoms with Gasteiger partial charge in [0.1, 0.15) is 0 Å². The quantitative estimate of drug-likeness (QED) is 0.828. The molecule has 1 atom stereocenters. The Bertz CT molecular complexity index is 356. The molecule has 2 N–H and O–H groups in total. The molecule has 0 saturated heterocycles. The monoisotopic (exact) mass is 229 g/mol. The molecule has 76 valence electrons. The Labute approximate surface area is 94.2 Å². The lowest BCUT2D eigenvalue weighted by Gasteiger charge is -2.21. The SMILES string of the molecule is CC(N)C1(c2cccc(Cl)c2Cl)CC1. The van der Waals surface area contributed by atoms with E-state index in [9.17, 15) is 0 Å². The first-order chi connectivity index (χ1) is 6.58. The zero-order chi connectivity index (χ0) is 10.3. The van der Waals surface area contributed by atoms with E-state index in [2.05, 4.69) is 0 Å². The Hall–Kier alpha value is -0.240. The summed E-state index contributed by atoms with van der Waals surface area (Å²) in [6.07, 6.45) is 2.23. The van der Waals surface area contributed by atoms with E-state index < -0.39 is 0 Å². The summed E-state index contributed by atoms with van der Waals surface area (Å²) in [5.41, 5.74) is 7.18. The minimum atomic E-state index is 0.0853. The van der Waals surface area contributed by atoms with Crippen LogP contribution in [0.25, 0.3) is 0 Å². The van der Waals surface area contributed by atoms with E-state index in [1.807, 2.05) is 25.1 Å². The van der Waals surface area contributed by atoms with Crippen LogP contribution in [0.2, 0.25) is 10.0 Å². The molecule has 0 heterocycles. The molecule has 0 aromatic heterocycles. The molecule has 1 aromatic carbocycles. The lowest BCUT2D eigenvalue weighted by molar-refractivity contribution is 0.557. The molecular formula is C11H13Cl2N. The summed E-state index contributed by atoms with van der Waals surface area (Å²) >= 11 is 12.2. The van der Waals surface area contributed by atoms with Gasteiger partial charge >= 0.3 is 0 Å². The van der Waals surface area contributed by atoms with E-state index in [0.717, 1.165) is 18.4 Å². The summed E-state index contributed by atoms with van der Waals surface area (Å²) in [7, 11) is 0.